The number of carbonyl (C=O) groups excluding carboxylic acids is 1. The topological polar surface area (TPSA) is 75.7 Å². The zero-order valence-corrected chi connectivity index (χ0v) is 20.0. The van der Waals surface area contributed by atoms with Crippen LogP contribution in [0.5, 0.6) is 5.75 Å². The molecule has 0 aliphatic rings. The largest absolute Gasteiger partial charge is 0.484 e. The molecule has 0 unspecified atom stereocenters. The second kappa shape index (κ2) is 10.8. The summed E-state index contributed by atoms with van der Waals surface area (Å²) < 4.78 is 31.5. The number of nitrogens with zero attached hydrogens (tertiary/aromatic N) is 1. The molecule has 6 nitrogen and oxygen atoms in total. The average Bonchev–Trinajstić information content (AvgIpc) is 2.77. The fourth-order valence-electron chi connectivity index (χ4n) is 2.94. The van der Waals surface area contributed by atoms with Gasteiger partial charge in [-0.2, -0.15) is 0 Å². The number of rotatable bonds is 9. The minimum atomic E-state index is -3.54. The van der Waals surface area contributed by atoms with Crippen molar-refractivity contribution in [3.05, 3.63) is 83.4 Å². The summed E-state index contributed by atoms with van der Waals surface area (Å²) in [7, 11) is -3.54. The first-order chi connectivity index (χ1) is 15.3. The summed E-state index contributed by atoms with van der Waals surface area (Å²) >= 11 is 7.79. The van der Waals surface area contributed by atoms with E-state index in [4.69, 9.17) is 16.3 Å². The molecule has 1 N–H and O–H groups in total. The average molecular weight is 491 g/mol. The number of sulfonamides is 1. The second-order valence-electron chi connectivity index (χ2n) is 6.92. The number of anilines is 2. The highest BCUT2D eigenvalue weighted by atomic mass is 35.5. The summed E-state index contributed by atoms with van der Waals surface area (Å²) in [4.78, 5) is 13.2. The standard InChI is InChI=1S/C23H23ClN2O4S2/c1-31-21-8-5-7-18(14-21)25-23(27)16-30-20-12-10-19(11-13-20)26(32(2,28)29)15-17-6-3-4-9-22(17)24/h3-14H,15-16H2,1-2H3,(H,25,27). The number of ether oxygens (including phenoxy) is 1. The minimum Gasteiger partial charge on any atom is -0.484 e. The van der Waals surface area contributed by atoms with E-state index in [1.165, 1.54) is 4.31 Å². The molecule has 9 heteroatoms. The van der Waals surface area contributed by atoms with Crippen LogP contribution in [-0.4, -0.2) is 33.4 Å². The molecular formula is C23H23ClN2O4S2. The van der Waals surface area contributed by atoms with Crippen LogP contribution < -0.4 is 14.4 Å². The molecule has 32 heavy (non-hydrogen) atoms. The number of hydrogen-bond acceptors (Lipinski definition) is 5. The molecule has 0 aromatic heterocycles. The van der Waals surface area contributed by atoms with Gasteiger partial charge in [0.05, 0.1) is 18.5 Å². The summed E-state index contributed by atoms with van der Waals surface area (Å²) in [5.74, 6) is 0.164. The van der Waals surface area contributed by atoms with Gasteiger partial charge in [-0.15, -0.1) is 11.8 Å². The van der Waals surface area contributed by atoms with Crippen LogP contribution in [0.4, 0.5) is 11.4 Å². The van der Waals surface area contributed by atoms with Crippen molar-refractivity contribution in [3.63, 3.8) is 0 Å². The van der Waals surface area contributed by atoms with E-state index in [9.17, 15) is 13.2 Å². The molecule has 0 bridgehead atoms. The highest BCUT2D eigenvalue weighted by Gasteiger charge is 2.19. The zero-order chi connectivity index (χ0) is 23.1. The number of nitrogens with one attached hydrogen (secondary N) is 1. The number of carbonyl (C=O) groups is 1. The first-order valence-electron chi connectivity index (χ1n) is 9.64. The molecule has 1 amide bonds. The van der Waals surface area contributed by atoms with Gasteiger partial charge >= 0.3 is 0 Å². The Morgan fingerprint density at radius 1 is 1.06 bits per heavy atom. The normalized spacial score (nSPS) is 11.1. The molecule has 0 radical (unpaired) electrons. The van der Waals surface area contributed by atoms with Gasteiger partial charge < -0.3 is 10.1 Å². The Hall–Kier alpha value is -2.68. The number of hydrogen-bond donors (Lipinski definition) is 1. The van der Waals surface area contributed by atoms with E-state index in [2.05, 4.69) is 5.32 Å². The molecule has 0 saturated carbocycles. The van der Waals surface area contributed by atoms with E-state index in [-0.39, 0.29) is 19.1 Å². The third-order valence-electron chi connectivity index (χ3n) is 4.52. The molecule has 0 spiro atoms. The molecule has 0 aliphatic heterocycles. The van der Waals surface area contributed by atoms with Crippen molar-refractivity contribution in [3.8, 4) is 5.75 Å². The molecular weight excluding hydrogens is 468 g/mol. The maximum absolute atomic E-state index is 12.4. The molecule has 0 aliphatic carbocycles. The molecule has 0 saturated heterocycles. The third kappa shape index (κ3) is 6.66. The van der Waals surface area contributed by atoms with E-state index in [1.54, 1.807) is 60.3 Å². The number of halogens is 1. The monoisotopic (exact) mass is 490 g/mol. The molecule has 3 aromatic carbocycles. The Kier molecular flexibility index (Phi) is 8.06. The van der Waals surface area contributed by atoms with Crippen LogP contribution >= 0.6 is 23.4 Å². The lowest BCUT2D eigenvalue weighted by Crippen LogP contribution is -2.29. The van der Waals surface area contributed by atoms with E-state index in [0.717, 1.165) is 11.2 Å². The van der Waals surface area contributed by atoms with E-state index >= 15 is 0 Å². The van der Waals surface area contributed by atoms with Crippen molar-refractivity contribution >= 4 is 50.7 Å². The molecule has 168 valence electrons. The lowest BCUT2D eigenvalue weighted by atomic mass is 10.2. The Bertz CT molecular complexity index is 1180. The van der Waals surface area contributed by atoms with Gasteiger partial charge in [0, 0.05) is 15.6 Å². The fraction of sp³-hybridized carbons (Fsp3) is 0.174. The van der Waals surface area contributed by atoms with Crippen molar-refractivity contribution in [2.75, 3.05) is 28.7 Å². The summed E-state index contributed by atoms with van der Waals surface area (Å²) in [6.07, 6.45) is 3.11. The van der Waals surface area contributed by atoms with Crippen molar-refractivity contribution in [1.82, 2.24) is 0 Å². The zero-order valence-electron chi connectivity index (χ0n) is 17.6. The highest BCUT2D eigenvalue weighted by Crippen LogP contribution is 2.26. The number of amides is 1. The summed E-state index contributed by atoms with van der Waals surface area (Å²) in [6, 6.07) is 21.1. The maximum Gasteiger partial charge on any atom is 0.262 e. The Morgan fingerprint density at radius 3 is 2.44 bits per heavy atom. The van der Waals surface area contributed by atoms with Crippen LogP contribution in [0.15, 0.2) is 77.7 Å². The molecule has 0 atom stereocenters. The van der Waals surface area contributed by atoms with Crippen molar-refractivity contribution in [2.24, 2.45) is 0 Å². The summed E-state index contributed by atoms with van der Waals surface area (Å²) in [6.45, 7) is -0.0610. The predicted molar refractivity (Wildman–Crippen MR) is 131 cm³/mol. The molecule has 3 aromatic rings. The van der Waals surface area contributed by atoms with Crippen LogP contribution in [0.2, 0.25) is 5.02 Å². The van der Waals surface area contributed by atoms with Gasteiger partial charge in [-0.3, -0.25) is 9.10 Å². The number of benzene rings is 3. The molecule has 3 rings (SSSR count). The lowest BCUT2D eigenvalue weighted by molar-refractivity contribution is -0.118. The SMILES string of the molecule is CSc1cccc(NC(=O)COc2ccc(N(Cc3ccccc3Cl)S(C)(=O)=O)cc2)c1. The molecule has 0 heterocycles. The Morgan fingerprint density at radius 2 is 1.78 bits per heavy atom. The van der Waals surface area contributed by atoms with Crippen LogP contribution in [0.25, 0.3) is 0 Å². The van der Waals surface area contributed by atoms with Crippen molar-refractivity contribution in [1.29, 1.82) is 0 Å². The van der Waals surface area contributed by atoms with E-state index in [1.807, 2.05) is 30.5 Å². The van der Waals surface area contributed by atoms with E-state index in [0.29, 0.717) is 27.7 Å². The van der Waals surface area contributed by atoms with E-state index < -0.39 is 10.0 Å². The van der Waals surface area contributed by atoms with Gasteiger partial charge in [-0.1, -0.05) is 35.9 Å². The fourth-order valence-corrected chi connectivity index (χ4v) is 4.47. The minimum absolute atomic E-state index is 0.107. The summed E-state index contributed by atoms with van der Waals surface area (Å²) in [5, 5.41) is 3.29. The van der Waals surface area contributed by atoms with Gasteiger partial charge in [0.15, 0.2) is 6.61 Å². The van der Waals surface area contributed by atoms with Gasteiger partial charge in [0.2, 0.25) is 10.0 Å². The van der Waals surface area contributed by atoms with Crippen LogP contribution in [0.1, 0.15) is 5.56 Å². The maximum atomic E-state index is 12.4. The van der Waals surface area contributed by atoms with Crippen LogP contribution in [0, 0.1) is 0 Å². The van der Waals surface area contributed by atoms with Crippen molar-refractivity contribution < 1.29 is 17.9 Å². The predicted octanol–water partition coefficient (Wildman–Crippen LogP) is 5.05. The third-order valence-corrected chi connectivity index (χ3v) is 6.75. The Balaban J connectivity index is 1.64. The van der Waals surface area contributed by atoms with Gasteiger partial charge in [-0.05, 0) is 60.4 Å². The first-order valence-corrected chi connectivity index (χ1v) is 13.1. The lowest BCUT2D eigenvalue weighted by Gasteiger charge is -2.23. The van der Waals surface area contributed by atoms with Gasteiger partial charge in [-0.25, -0.2) is 8.42 Å². The number of thioether (sulfide) groups is 1. The summed E-state index contributed by atoms with van der Waals surface area (Å²) in [5.41, 5.74) is 1.87. The molecule has 0 fully saturated rings. The van der Waals surface area contributed by atoms with Crippen molar-refractivity contribution in [2.45, 2.75) is 11.4 Å². The van der Waals surface area contributed by atoms with Gasteiger partial charge in [0.25, 0.3) is 5.91 Å². The van der Waals surface area contributed by atoms with Crippen LogP contribution in [0.3, 0.4) is 0 Å². The Labute approximate surface area is 197 Å². The second-order valence-corrected chi connectivity index (χ2v) is 10.1. The highest BCUT2D eigenvalue weighted by molar-refractivity contribution is 7.98. The quantitative estimate of drug-likeness (QED) is 0.425. The van der Waals surface area contributed by atoms with Crippen LogP contribution in [-0.2, 0) is 21.4 Å². The smallest absolute Gasteiger partial charge is 0.262 e. The first kappa shape index (κ1) is 24.0. The van der Waals surface area contributed by atoms with Gasteiger partial charge in [0.1, 0.15) is 5.75 Å².